The van der Waals surface area contributed by atoms with Crippen LogP contribution < -0.4 is 0 Å². The molecule has 0 fully saturated rings. The molecule has 106 valence electrons. The highest BCUT2D eigenvalue weighted by atomic mass is 32.2. The molecule has 0 aromatic heterocycles. The summed E-state index contributed by atoms with van der Waals surface area (Å²) in [6, 6.07) is 5.41. The molecule has 0 unspecified atom stereocenters. The Bertz CT molecular complexity index is 542. The van der Waals surface area contributed by atoms with Crippen LogP contribution in [0.2, 0.25) is 0 Å². The number of sulfonamides is 1. The Labute approximate surface area is 113 Å². The summed E-state index contributed by atoms with van der Waals surface area (Å²) < 4.78 is 25.7. The molecule has 0 aliphatic carbocycles. The maximum atomic E-state index is 12.3. The Morgan fingerprint density at radius 2 is 1.89 bits per heavy atom. The molecule has 0 N–H and O–H groups in total. The lowest BCUT2D eigenvalue weighted by Gasteiger charge is -2.16. The summed E-state index contributed by atoms with van der Waals surface area (Å²) in [6.45, 7) is 2.39. The van der Waals surface area contributed by atoms with Crippen LogP contribution >= 0.6 is 0 Å². The van der Waals surface area contributed by atoms with E-state index in [-0.39, 0.29) is 10.6 Å². The van der Waals surface area contributed by atoms with E-state index in [2.05, 4.69) is 0 Å². The van der Waals surface area contributed by atoms with Crippen molar-refractivity contribution < 1.29 is 13.3 Å². The minimum Gasteiger partial charge on any atom is -0.258 e. The van der Waals surface area contributed by atoms with Gasteiger partial charge in [-0.1, -0.05) is 31.9 Å². The molecule has 0 spiro atoms. The minimum absolute atomic E-state index is 0.251. The first-order valence-corrected chi connectivity index (χ1v) is 7.55. The van der Waals surface area contributed by atoms with E-state index in [0.29, 0.717) is 6.54 Å². The maximum Gasteiger partial charge on any atom is 0.289 e. The van der Waals surface area contributed by atoms with Crippen LogP contribution in [0.1, 0.15) is 26.2 Å². The molecule has 0 aliphatic heterocycles. The van der Waals surface area contributed by atoms with Crippen LogP contribution in [0.25, 0.3) is 0 Å². The second kappa shape index (κ2) is 6.63. The van der Waals surface area contributed by atoms with Gasteiger partial charge in [0.15, 0.2) is 4.90 Å². The highest BCUT2D eigenvalue weighted by Gasteiger charge is 2.28. The maximum absolute atomic E-state index is 12.3. The van der Waals surface area contributed by atoms with E-state index < -0.39 is 14.9 Å². The summed E-state index contributed by atoms with van der Waals surface area (Å²) in [5.74, 6) is 0. The van der Waals surface area contributed by atoms with Gasteiger partial charge in [-0.15, -0.1) is 0 Å². The van der Waals surface area contributed by atoms with Gasteiger partial charge in [-0.2, -0.15) is 0 Å². The Balaban J connectivity index is 3.03. The zero-order valence-electron chi connectivity index (χ0n) is 11.1. The number of hydrogen-bond acceptors (Lipinski definition) is 4. The molecule has 1 aromatic rings. The van der Waals surface area contributed by atoms with Crippen LogP contribution in [0.15, 0.2) is 29.2 Å². The summed E-state index contributed by atoms with van der Waals surface area (Å²) in [6.07, 6.45) is 2.66. The van der Waals surface area contributed by atoms with Crippen molar-refractivity contribution in [2.24, 2.45) is 0 Å². The fourth-order valence-corrected chi connectivity index (χ4v) is 3.06. The highest BCUT2D eigenvalue weighted by molar-refractivity contribution is 7.89. The second-order valence-corrected chi connectivity index (χ2v) is 6.27. The molecule has 6 nitrogen and oxygen atoms in total. The van der Waals surface area contributed by atoms with Crippen molar-refractivity contribution in [1.29, 1.82) is 0 Å². The van der Waals surface area contributed by atoms with E-state index in [9.17, 15) is 18.5 Å². The average Bonchev–Trinajstić information content (AvgIpc) is 2.38. The lowest BCUT2D eigenvalue weighted by atomic mass is 10.2. The van der Waals surface area contributed by atoms with Crippen LogP contribution in [0.3, 0.4) is 0 Å². The Kier molecular flexibility index (Phi) is 5.44. The number of hydrogen-bond donors (Lipinski definition) is 0. The topological polar surface area (TPSA) is 80.5 Å². The Morgan fingerprint density at radius 1 is 1.26 bits per heavy atom. The third-order valence-corrected chi connectivity index (χ3v) is 4.73. The van der Waals surface area contributed by atoms with Crippen molar-refractivity contribution >= 4 is 15.7 Å². The Morgan fingerprint density at radius 3 is 2.47 bits per heavy atom. The third-order valence-electron chi connectivity index (χ3n) is 2.83. The summed E-state index contributed by atoms with van der Waals surface area (Å²) in [7, 11) is -2.36. The van der Waals surface area contributed by atoms with E-state index in [1.54, 1.807) is 0 Å². The lowest BCUT2D eigenvalue weighted by Crippen LogP contribution is -2.28. The molecule has 0 saturated carbocycles. The molecule has 0 amide bonds. The molecular weight excluding hydrogens is 268 g/mol. The molecule has 1 rings (SSSR count). The van der Waals surface area contributed by atoms with Gasteiger partial charge in [-0.3, -0.25) is 10.1 Å². The van der Waals surface area contributed by atoms with Gasteiger partial charge in [-0.05, 0) is 12.5 Å². The van der Waals surface area contributed by atoms with Gasteiger partial charge < -0.3 is 0 Å². The van der Waals surface area contributed by atoms with Crippen molar-refractivity contribution in [1.82, 2.24) is 4.31 Å². The summed E-state index contributed by atoms with van der Waals surface area (Å²) in [5, 5.41) is 10.9. The predicted molar refractivity (Wildman–Crippen MR) is 72.4 cm³/mol. The fraction of sp³-hybridized carbons (Fsp3) is 0.500. The van der Waals surface area contributed by atoms with Crippen molar-refractivity contribution in [3.8, 4) is 0 Å². The standard InChI is InChI=1S/C12H18N2O4S/c1-3-4-7-10-13(2)19(17,18)12-9-6-5-8-11(12)14(15)16/h5-6,8-9H,3-4,7,10H2,1-2H3. The second-order valence-electron chi connectivity index (χ2n) is 4.26. The van der Waals surface area contributed by atoms with Crippen LogP contribution in [-0.2, 0) is 10.0 Å². The van der Waals surface area contributed by atoms with Gasteiger partial charge in [0.1, 0.15) is 0 Å². The van der Waals surface area contributed by atoms with E-state index in [1.807, 2.05) is 6.92 Å². The number of rotatable bonds is 7. The van der Waals surface area contributed by atoms with Crippen molar-refractivity contribution in [3.05, 3.63) is 34.4 Å². The van der Waals surface area contributed by atoms with Crippen LogP contribution in [0.4, 0.5) is 5.69 Å². The van der Waals surface area contributed by atoms with Crippen molar-refractivity contribution in [2.45, 2.75) is 31.1 Å². The molecule has 1 aromatic carbocycles. The largest absolute Gasteiger partial charge is 0.289 e. The predicted octanol–water partition coefficient (Wildman–Crippen LogP) is 2.41. The third kappa shape index (κ3) is 3.74. The highest BCUT2D eigenvalue weighted by Crippen LogP contribution is 2.25. The van der Waals surface area contributed by atoms with Gasteiger partial charge >= 0.3 is 0 Å². The minimum atomic E-state index is -3.80. The number of para-hydroxylation sites is 1. The van der Waals surface area contributed by atoms with E-state index >= 15 is 0 Å². The summed E-state index contributed by atoms with van der Waals surface area (Å²) >= 11 is 0. The van der Waals surface area contributed by atoms with Crippen LogP contribution in [-0.4, -0.2) is 31.2 Å². The number of nitrogens with zero attached hydrogens (tertiary/aromatic N) is 2. The molecule has 0 radical (unpaired) electrons. The van der Waals surface area contributed by atoms with Crippen LogP contribution in [0, 0.1) is 10.1 Å². The first-order valence-electron chi connectivity index (χ1n) is 6.11. The SMILES string of the molecule is CCCCCN(C)S(=O)(=O)c1ccccc1[N+](=O)[O-]. The zero-order chi connectivity index (χ0) is 14.5. The number of unbranched alkanes of at least 4 members (excludes halogenated alkanes) is 2. The van der Waals surface area contributed by atoms with Gasteiger partial charge in [0, 0.05) is 19.7 Å². The molecule has 0 atom stereocenters. The van der Waals surface area contributed by atoms with E-state index in [4.69, 9.17) is 0 Å². The van der Waals surface area contributed by atoms with E-state index in [1.165, 1.54) is 35.6 Å². The monoisotopic (exact) mass is 286 g/mol. The Hall–Kier alpha value is -1.47. The number of nitro groups is 1. The summed E-state index contributed by atoms with van der Waals surface area (Å²) in [5.41, 5.74) is -0.384. The first kappa shape index (κ1) is 15.6. The molecular formula is C12H18N2O4S. The molecule has 0 bridgehead atoms. The van der Waals surface area contributed by atoms with Gasteiger partial charge in [0.05, 0.1) is 4.92 Å². The average molecular weight is 286 g/mol. The molecule has 19 heavy (non-hydrogen) atoms. The van der Waals surface area contributed by atoms with Crippen LogP contribution in [0.5, 0.6) is 0 Å². The molecule has 0 heterocycles. The van der Waals surface area contributed by atoms with Crippen molar-refractivity contribution in [3.63, 3.8) is 0 Å². The number of benzene rings is 1. The van der Waals surface area contributed by atoms with Gasteiger partial charge in [-0.25, -0.2) is 12.7 Å². The van der Waals surface area contributed by atoms with Gasteiger partial charge in [0.25, 0.3) is 5.69 Å². The lowest BCUT2D eigenvalue weighted by molar-refractivity contribution is -0.387. The van der Waals surface area contributed by atoms with E-state index in [0.717, 1.165) is 19.3 Å². The quantitative estimate of drug-likeness (QED) is 0.438. The summed E-state index contributed by atoms with van der Waals surface area (Å²) in [4.78, 5) is 9.95. The zero-order valence-corrected chi connectivity index (χ0v) is 11.9. The molecule has 0 saturated heterocycles. The fourth-order valence-electron chi connectivity index (χ4n) is 1.70. The molecule has 0 aliphatic rings. The smallest absolute Gasteiger partial charge is 0.258 e. The normalized spacial score (nSPS) is 11.7. The van der Waals surface area contributed by atoms with Gasteiger partial charge in [0.2, 0.25) is 10.0 Å². The molecule has 7 heteroatoms. The number of nitro benzene ring substituents is 1. The first-order chi connectivity index (χ1) is 8.91. The van der Waals surface area contributed by atoms with Crippen molar-refractivity contribution in [2.75, 3.05) is 13.6 Å².